The summed E-state index contributed by atoms with van der Waals surface area (Å²) in [7, 11) is 3.74. The van der Waals surface area contributed by atoms with Gasteiger partial charge >= 0.3 is 0 Å². The second-order valence-corrected chi connectivity index (χ2v) is 7.22. The number of H-pyrrole nitrogens is 1. The molecule has 3 aromatic rings. The summed E-state index contributed by atoms with van der Waals surface area (Å²) in [5.41, 5.74) is 13.6. The van der Waals surface area contributed by atoms with Crippen molar-refractivity contribution in [3.8, 4) is 5.75 Å². The van der Waals surface area contributed by atoms with Crippen molar-refractivity contribution in [2.24, 2.45) is 10.7 Å². The topological polar surface area (TPSA) is 68.3 Å². The van der Waals surface area contributed by atoms with E-state index in [0.717, 1.165) is 51.3 Å². The Kier molecular flexibility index (Phi) is 5.27. The van der Waals surface area contributed by atoms with E-state index in [-0.39, 0.29) is 0 Å². The molecule has 0 saturated carbocycles. The third kappa shape index (κ3) is 3.71. The summed E-state index contributed by atoms with van der Waals surface area (Å²) >= 11 is 0. The number of fused-ring (bicyclic) bond motifs is 1. The Balaban J connectivity index is 1.69. The second kappa shape index (κ2) is 8.01. The van der Waals surface area contributed by atoms with Crippen LogP contribution in [-0.4, -0.2) is 36.8 Å². The molecular weight excluding hydrogens is 359 g/mol. The zero-order valence-corrected chi connectivity index (χ0v) is 17.1. The molecule has 0 bridgehead atoms. The lowest BCUT2D eigenvalue weighted by molar-refractivity contribution is 0.415. The molecule has 29 heavy (non-hydrogen) atoms. The van der Waals surface area contributed by atoms with Gasteiger partial charge in [-0.25, -0.2) is 4.99 Å². The van der Waals surface area contributed by atoms with Crippen LogP contribution in [0.25, 0.3) is 22.6 Å². The van der Waals surface area contributed by atoms with Crippen LogP contribution in [0.1, 0.15) is 24.6 Å². The molecular formula is C23H25BN4O. The largest absolute Gasteiger partial charge is 0.497 e. The standard InChI is InChI=1S/C23H25BN4O/c1-15-12-17(27-23(15)19(9-10-25)22-4-3-11-28(22)24)6-5-16-14-26-21-8-7-18(29-2)13-20(16)21/h3-8,11-14,26H,9-10,24-25H2,1-2H3/b6-5+,23-19-. The Bertz CT molecular complexity index is 1180. The number of rotatable bonds is 6. The quantitative estimate of drug-likeness (QED) is 0.639. The molecule has 0 fully saturated rings. The summed E-state index contributed by atoms with van der Waals surface area (Å²) in [5, 5.41) is 1.13. The molecule has 6 heteroatoms. The average Bonchev–Trinajstić information content (AvgIpc) is 3.42. The van der Waals surface area contributed by atoms with Gasteiger partial charge in [0.05, 0.1) is 18.5 Å². The first-order valence-corrected chi connectivity index (χ1v) is 9.76. The minimum Gasteiger partial charge on any atom is -0.497 e. The van der Waals surface area contributed by atoms with E-state index in [1.54, 1.807) is 7.11 Å². The van der Waals surface area contributed by atoms with Crippen LogP contribution in [0.4, 0.5) is 0 Å². The summed E-state index contributed by atoms with van der Waals surface area (Å²) in [5.74, 6) is 0.847. The fourth-order valence-electron chi connectivity index (χ4n) is 3.78. The molecule has 0 atom stereocenters. The van der Waals surface area contributed by atoms with Gasteiger partial charge in [-0.05, 0) is 79.7 Å². The number of aromatic nitrogens is 2. The van der Waals surface area contributed by atoms with Crippen molar-refractivity contribution in [3.05, 3.63) is 77.4 Å². The summed E-state index contributed by atoms with van der Waals surface area (Å²) in [6.07, 6.45) is 11.1. The number of hydrogen-bond acceptors (Lipinski definition) is 3. The third-order valence-corrected chi connectivity index (χ3v) is 5.27. The van der Waals surface area contributed by atoms with Crippen LogP contribution in [0.2, 0.25) is 0 Å². The first-order valence-electron chi connectivity index (χ1n) is 9.76. The maximum absolute atomic E-state index is 5.89. The van der Waals surface area contributed by atoms with E-state index in [2.05, 4.69) is 60.9 Å². The van der Waals surface area contributed by atoms with Crippen LogP contribution in [0.15, 0.2) is 71.1 Å². The van der Waals surface area contributed by atoms with Gasteiger partial charge in [-0.15, -0.1) is 0 Å². The molecule has 146 valence electrons. The maximum atomic E-state index is 5.89. The molecule has 1 aliphatic heterocycles. The Labute approximate surface area is 171 Å². The van der Waals surface area contributed by atoms with E-state index in [9.17, 15) is 0 Å². The van der Waals surface area contributed by atoms with Crippen molar-refractivity contribution in [3.63, 3.8) is 0 Å². The SMILES string of the molecule is Bn1cccc1/C(CCN)=C1N=C(/C=C/c2c[nH]c3ccc(OC)cc23)C=C\1C. The number of nitrogens with one attached hydrogen (secondary N) is 1. The molecule has 3 heterocycles. The molecule has 0 unspecified atom stereocenters. The van der Waals surface area contributed by atoms with Crippen LogP contribution in [0.3, 0.4) is 0 Å². The number of benzene rings is 1. The Morgan fingerprint density at radius 2 is 2.17 bits per heavy atom. The number of allylic oxidation sites excluding steroid dienone is 3. The Morgan fingerprint density at radius 1 is 1.31 bits per heavy atom. The minimum atomic E-state index is 0.592. The smallest absolute Gasteiger partial charge is 0.223 e. The zero-order valence-electron chi connectivity index (χ0n) is 17.1. The van der Waals surface area contributed by atoms with Crippen LogP contribution < -0.4 is 10.5 Å². The predicted octanol–water partition coefficient (Wildman–Crippen LogP) is 3.55. The van der Waals surface area contributed by atoms with Gasteiger partial charge in [-0.3, -0.25) is 0 Å². The highest BCUT2D eigenvalue weighted by Crippen LogP contribution is 2.31. The molecule has 0 amide bonds. The van der Waals surface area contributed by atoms with Crippen molar-refractivity contribution in [1.29, 1.82) is 0 Å². The first kappa shape index (κ1) is 19.1. The van der Waals surface area contributed by atoms with Gasteiger partial charge in [0.15, 0.2) is 0 Å². The van der Waals surface area contributed by atoms with E-state index in [1.165, 1.54) is 5.57 Å². The number of aliphatic imine (C=N–C) groups is 1. The summed E-state index contributed by atoms with van der Waals surface area (Å²) in [4.78, 5) is 8.22. The monoisotopic (exact) mass is 384 g/mol. The van der Waals surface area contributed by atoms with Gasteiger partial charge in [0.25, 0.3) is 0 Å². The van der Waals surface area contributed by atoms with Crippen LogP contribution in [-0.2, 0) is 0 Å². The zero-order chi connectivity index (χ0) is 20.4. The number of aromatic amines is 1. The molecule has 5 nitrogen and oxygen atoms in total. The molecule has 3 N–H and O–H groups in total. The molecule has 4 rings (SSSR count). The lowest BCUT2D eigenvalue weighted by Gasteiger charge is -2.11. The molecule has 0 saturated heterocycles. The van der Waals surface area contributed by atoms with Crippen LogP contribution in [0.5, 0.6) is 5.75 Å². The van der Waals surface area contributed by atoms with Gasteiger partial charge < -0.3 is 19.9 Å². The van der Waals surface area contributed by atoms with Crippen molar-refractivity contribution >= 4 is 36.2 Å². The van der Waals surface area contributed by atoms with Crippen molar-refractivity contribution < 1.29 is 4.74 Å². The number of nitrogens with zero attached hydrogens (tertiary/aromatic N) is 2. The van der Waals surface area contributed by atoms with Crippen molar-refractivity contribution in [2.45, 2.75) is 13.3 Å². The van der Waals surface area contributed by atoms with Crippen LogP contribution >= 0.6 is 0 Å². The number of hydrogen-bond donors (Lipinski definition) is 2. The number of nitrogens with two attached hydrogens (primary N) is 1. The lowest BCUT2D eigenvalue weighted by atomic mass is 10.0. The number of ether oxygens (including phenoxy) is 1. The molecule has 1 aliphatic rings. The maximum Gasteiger partial charge on any atom is 0.223 e. The predicted molar refractivity (Wildman–Crippen MR) is 124 cm³/mol. The van der Waals surface area contributed by atoms with Gasteiger partial charge in [0, 0.05) is 28.4 Å². The van der Waals surface area contributed by atoms with Crippen LogP contribution in [0, 0.1) is 0 Å². The molecule has 2 aromatic heterocycles. The second-order valence-electron chi connectivity index (χ2n) is 7.22. The lowest BCUT2D eigenvalue weighted by Crippen LogP contribution is -2.05. The van der Waals surface area contributed by atoms with Gasteiger partial charge in [-0.1, -0.05) is 6.08 Å². The van der Waals surface area contributed by atoms with Crippen molar-refractivity contribution in [1.82, 2.24) is 9.46 Å². The van der Waals surface area contributed by atoms with E-state index in [1.807, 2.05) is 24.4 Å². The van der Waals surface area contributed by atoms with E-state index < -0.39 is 0 Å². The van der Waals surface area contributed by atoms with E-state index in [0.29, 0.717) is 6.54 Å². The highest BCUT2D eigenvalue weighted by Gasteiger charge is 2.17. The van der Waals surface area contributed by atoms with E-state index in [4.69, 9.17) is 15.5 Å². The molecule has 1 aromatic carbocycles. The van der Waals surface area contributed by atoms with Gasteiger partial charge in [-0.2, -0.15) is 0 Å². The number of methoxy groups -OCH3 is 1. The highest BCUT2D eigenvalue weighted by molar-refractivity contribution is 6.12. The fraction of sp³-hybridized carbons (Fsp3) is 0.174. The summed E-state index contributed by atoms with van der Waals surface area (Å²) < 4.78 is 7.48. The average molecular weight is 384 g/mol. The molecule has 0 spiro atoms. The van der Waals surface area contributed by atoms with Gasteiger partial charge in [0.2, 0.25) is 7.98 Å². The first-order chi connectivity index (χ1) is 14.1. The minimum absolute atomic E-state index is 0.592. The summed E-state index contributed by atoms with van der Waals surface area (Å²) in [6, 6.07) is 10.2. The van der Waals surface area contributed by atoms with Crippen molar-refractivity contribution in [2.75, 3.05) is 13.7 Å². The highest BCUT2D eigenvalue weighted by atomic mass is 16.5. The van der Waals surface area contributed by atoms with Gasteiger partial charge in [0.1, 0.15) is 5.75 Å². The summed E-state index contributed by atoms with van der Waals surface area (Å²) in [6.45, 7) is 2.70. The fourth-order valence-corrected chi connectivity index (χ4v) is 3.78. The molecule has 0 radical (unpaired) electrons. The normalized spacial score (nSPS) is 15.8. The Hall–Kier alpha value is -3.25. The molecule has 0 aliphatic carbocycles. The third-order valence-electron chi connectivity index (χ3n) is 5.27. The Morgan fingerprint density at radius 3 is 2.90 bits per heavy atom. The van der Waals surface area contributed by atoms with E-state index >= 15 is 0 Å².